The van der Waals surface area contributed by atoms with E-state index in [1.807, 2.05) is 0 Å². The van der Waals surface area contributed by atoms with Crippen molar-refractivity contribution in [3.05, 3.63) is 113 Å². The van der Waals surface area contributed by atoms with Gasteiger partial charge >= 0.3 is 0 Å². The molecule has 30 heavy (non-hydrogen) atoms. The summed E-state index contributed by atoms with van der Waals surface area (Å²) < 4.78 is 2.14. The molecule has 150 valence electrons. The highest BCUT2D eigenvalue weighted by atomic mass is 15.3. The summed E-state index contributed by atoms with van der Waals surface area (Å²) in [6.07, 6.45) is 3.42. The molecule has 1 aliphatic heterocycles. The third-order valence-corrected chi connectivity index (χ3v) is 6.04. The van der Waals surface area contributed by atoms with Gasteiger partial charge in [-0.15, -0.1) is 0 Å². The number of aromatic nitrogens is 2. The molecule has 0 aliphatic carbocycles. The van der Waals surface area contributed by atoms with Crippen molar-refractivity contribution in [3.63, 3.8) is 0 Å². The van der Waals surface area contributed by atoms with Crippen LogP contribution >= 0.6 is 0 Å². The van der Waals surface area contributed by atoms with E-state index in [1.165, 1.54) is 40.8 Å². The van der Waals surface area contributed by atoms with Crippen molar-refractivity contribution in [3.8, 4) is 5.69 Å². The summed E-state index contributed by atoms with van der Waals surface area (Å²) in [5.74, 6) is 1.28. The second kappa shape index (κ2) is 8.19. The van der Waals surface area contributed by atoms with E-state index >= 15 is 0 Å². The topological polar surface area (TPSA) is 29.9 Å². The number of hydrogen-bond acceptors (Lipinski definition) is 2. The Balaban J connectivity index is 1.75. The van der Waals surface area contributed by atoms with Gasteiger partial charge in [0.15, 0.2) is 0 Å². The molecule has 1 aromatic heterocycles. The van der Waals surface area contributed by atoms with Crippen molar-refractivity contribution in [1.82, 2.24) is 9.78 Å². The lowest BCUT2D eigenvalue weighted by Gasteiger charge is -2.18. The summed E-state index contributed by atoms with van der Waals surface area (Å²) in [7, 11) is 0. The lowest BCUT2D eigenvalue weighted by atomic mass is 9.86. The van der Waals surface area contributed by atoms with Crippen LogP contribution < -0.4 is 5.32 Å². The number of nitrogens with one attached hydrogen (secondary N) is 1. The third kappa shape index (κ3) is 3.41. The third-order valence-electron chi connectivity index (χ3n) is 6.04. The molecule has 3 heteroatoms. The van der Waals surface area contributed by atoms with E-state index < -0.39 is 0 Å². The Morgan fingerprint density at radius 3 is 2.10 bits per heavy atom. The first-order chi connectivity index (χ1) is 14.8. The normalized spacial score (nSPS) is 13.5. The number of fused-ring (bicyclic) bond motifs is 1. The molecule has 0 atom stereocenters. The van der Waals surface area contributed by atoms with Crippen LogP contribution in [0.5, 0.6) is 0 Å². The van der Waals surface area contributed by atoms with Crippen LogP contribution in [0.25, 0.3) is 5.69 Å². The van der Waals surface area contributed by atoms with E-state index in [4.69, 9.17) is 5.10 Å². The molecule has 3 aromatic carbocycles. The molecule has 4 aromatic rings. The molecule has 0 radical (unpaired) electrons. The summed E-state index contributed by atoms with van der Waals surface area (Å²) in [5.41, 5.74) is 7.47. The molecule has 0 fully saturated rings. The first-order valence-electron chi connectivity index (χ1n) is 10.8. The van der Waals surface area contributed by atoms with Gasteiger partial charge in [-0.1, -0.05) is 78.9 Å². The van der Waals surface area contributed by atoms with Crippen LogP contribution in [0.4, 0.5) is 5.82 Å². The molecule has 0 bridgehead atoms. The number of anilines is 1. The molecule has 2 heterocycles. The quantitative estimate of drug-likeness (QED) is 0.453. The zero-order chi connectivity index (χ0) is 20.3. The van der Waals surface area contributed by atoms with Gasteiger partial charge in [-0.05, 0) is 48.9 Å². The molecule has 0 amide bonds. The standard InChI is InChI=1S/C27H27N3/c1-20-12-8-9-18-24(20)30-27-23(17-10-11-19-28-27)26(29-30)25(21-13-4-2-5-14-21)22-15-6-3-7-16-22/h2-9,12-16,18,25,28H,10-11,17,19H2,1H3. The molecular formula is C27H27N3. The summed E-state index contributed by atoms with van der Waals surface area (Å²) in [5, 5.41) is 8.97. The Kier molecular flexibility index (Phi) is 5.10. The van der Waals surface area contributed by atoms with Crippen LogP contribution in [-0.2, 0) is 6.42 Å². The second-order valence-corrected chi connectivity index (χ2v) is 8.05. The number of rotatable bonds is 4. The summed E-state index contributed by atoms with van der Waals surface area (Å²) in [6.45, 7) is 3.15. The Bertz CT molecular complexity index is 1090. The number of para-hydroxylation sites is 1. The van der Waals surface area contributed by atoms with E-state index in [2.05, 4.69) is 102 Å². The average Bonchev–Trinajstić information content (AvgIpc) is 2.97. The van der Waals surface area contributed by atoms with Crippen molar-refractivity contribution >= 4 is 5.82 Å². The zero-order valence-electron chi connectivity index (χ0n) is 17.4. The van der Waals surface area contributed by atoms with Gasteiger partial charge < -0.3 is 5.32 Å². The van der Waals surface area contributed by atoms with Crippen molar-refractivity contribution in [1.29, 1.82) is 0 Å². The fraction of sp³-hybridized carbons (Fsp3) is 0.222. The lowest BCUT2D eigenvalue weighted by Crippen LogP contribution is -2.09. The minimum absolute atomic E-state index is 0.117. The van der Waals surface area contributed by atoms with E-state index in [-0.39, 0.29) is 5.92 Å². The second-order valence-electron chi connectivity index (χ2n) is 8.05. The summed E-state index contributed by atoms with van der Waals surface area (Å²) in [4.78, 5) is 0. The SMILES string of the molecule is Cc1ccccc1-n1nc(C(c2ccccc2)c2ccccc2)c2c1NCCCC2. The van der Waals surface area contributed by atoms with E-state index in [0.29, 0.717) is 0 Å². The minimum atomic E-state index is 0.117. The fourth-order valence-corrected chi connectivity index (χ4v) is 4.54. The molecule has 1 N–H and O–H groups in total. The van der Waals surface area contributed by atoms with Gasteiger partial charge in [-0.25, -0.2) is 4.68 Å². The van der Waals surface area contributed by atoms with Gasteiger partial charge in [0, 0.05) is 12.1 Å². The van der Waals surface area contributed by atoms with Crippen molar-refractivity contribution in [2.75, 3.05) is 11.9 Å². The number of benzene rings is 3. The first kappa shape index (κ1) is 18.7. The van der Waals surface area contributed by atoms with Crippen molar-refractivity contribution < 1.29 is 0 Å². The molecule has 1 aliphatic rings. The number of hydrogen-bond donors (Lipinski definition) is 1. The average molecular weight is 394 g/mol. The fourth-order valence-electron chi connectivity index (χ4n) is 4.54. The Hall–Kier alpha value is -3.33. The predicted molar refractivity (Wildman–Crippen MR) is 124 cm³/mol. The molecule has 0 saturated carbocycles. The largest absolute Gasteiger partial charge is 0.370 e. The van der Waals surface area contributed by atoms with E-state index in [1.54, 1.807) is 0 Å². The maximum Gasteiger partial charge on any atom is 0.133 e. The van der Waals surface area contributed by atoms with Crippen LogP contribution in [0.15, 0.2) is 84.9 Å². The molecule has 0 unspecified atom stereocenters. The zero-order valence-corrected chi connectivity index (χ0v) is 17.4. The smallest absolute Gasteiger partial charge is 0.133 e. The summed E-state index contributed by atoms with van der Waals surface area (Å²) in [6, 6.07) is 30.1. The van der Waals surface area contributed by atoms with Crippen LogP contribution in [-0.4, -0.2) is 16.3 Å². The minimum Gasteiger partial charge on any atom is -0.370 e. The van der Waals surface area contributed by atoms with Gasteiger partial charge in [-0.2, -0.15) is 5.10 Å². The van der Waals surface area contributed by atoms with Gasteiger partial charge in [0.1, 0.15) is 5.82 Å². The number of nitrogens with zero attached hydrogens (tertiary/aromatic N) is 2. The first-order valence-corrected chi connectivity index (χ1v) is 10.8. The van der Waals surface area contributed by atoms with Crippen molar-refractivity contribution in [2.45, 2.75) is 32.1 Å². The lowest BCUT2D eigenvalue weighted by molar-refractivity contribution is 0.754. The van der Waals surface area contributed by atoms with Crippen LogP contribution in [0, 0.1) is 6.92 Å². The maximum atomic E-state index is 5.27. The van der Waals surface area contributed by atoms with E-state index in [9.17, 15) is 0 Å². The van der Waals surface area contributed by atoms with E-state index in [0.717, 1.165) is 24.5 Å². The maximum absolute atomic E-state index is 5.27. The Morgan fingerprint density at radius 1 is 0.800 bits per heavy atom. The molecule has 3 nitrogen and oxygen atoms in total. The van der Waals surface area contributed by atoms with Crippen LogP contribution in [0.1, 0.15) is 46.7 Å². The van der Waals surface area contributed by atoms with Crippen molar-refractivity contribution in [2.24, 2.45) is 0 Å². The highest BCUT2D eigenvalue weighted by molar-refractivity contribution is 5.59. The molecular weight excluding hydrogens is 366 g/mol. The highest BCUT2D eigenvalue weighted by Crippen LogP contribution is 2.38. The van der Waals surface area contributed by atoms with Crippen LogP contribution in [0.2, 0.25) is 0 Å². The molecule has 0 saturated heterocycles. The van der Waals surface area contributed by atoms with Gasteiger partial charge in [0.2, 0.25) is 0 Å². The van der Waals surface area contributed by atoms with Gasteiger partial charge in [-0.3, -0.25) is 0 Å². The predicted octanol–water partition coefficient (Wildman–Crippen LogP) is 6.11. The Labute approximate surface area is 178 Å². The molecule has 0 spiro atoms. The van der Waals surface area contributed by atoms with Gasteiger partial charge in [0.05, 0.1) is 17.3 Å². The Morgan fingerprint density at radius 2 is 1.43 bits per heavy atom. The molecule has 5 rings (SSSR count). The highest BCUT2D eigenvalue weighted by Gasteiger charge is 2.28. The number of aryl methyl sites for hydroxylation is 1. The van der Waals surface area contributed by atoms with Gasteiger partial charge in [0.25, 0.3) is 0 Å². The summed E-state index contributed by atoms with van der Waals surface area (Å²) >= 11 is 0. The monoisotopic (exact) mass is 393 g/mol. The van der Waals surface area contributed by atoms with Crippen LogP contribution in [0.3, 0.4) is 0 Å².